The predicted molar refractivity (Wildman–Crippen MR) is 99.8 cm³/mol. The average Bonchev–Trinajstić information content (AvgIpc) is 2.98. The van der Waals surface area contributed by atoms with Crippen LogP contribution in [0.4, 0.5) is 5.69 Å². The number of rotatable bonds is 4. The first-order valence-electron chi connectivity index (χ1n) is 7.59. The van der Waals surface area contributed by atoms with E-state index in [1.165, 1.54) is 35.9 Å². The summed E-state index contributed by atoms with van der Waals surface area (Å²) in [6.07, 6.45) is 0. The Morgan fingerprint density at radius 1 is 1.30 bits per heavy atom. The summed E-state index contributed by atoms with van der Waals surface area (Å²) < 4.78 is 6.68. The van der Waals surface area contributed by atoms with Crippen LogP contribution in [-0.2, 0) is 16.1 Å². The number of methoxy groups -OCH3 is 1. The smallest absolute Gasteiger partial charge is 0.325 e. The van der Waals surface area contributed by atoms with Gasteiger partial charge in [0, 0.05) is 12.1 Å². The van der Waals surface area contributed by atoms with Gasteiger partial charge in [-0.15, -0.1) is 0 Å². The van der Waals surface area contributed by atoms with Gasteiger partial charge in [-0.05, 0) is 18.2 Å². The second-order valence-electron chi connectivity index (χ2n) is 5.35. The van der Waals surface area contributed by atoms with Crippen molar-refractivity contribution in [1.82, 2.24) is 4.57 Å². The lowest BCUT2D eigenvalue weighted by Gasteiger charge is -2.03. The Morgan fingerprint density at radius 3 is 2.70 bits per heavy atom. The van der Waals surface area contributed by atoms with E-state index >= 15 is 0 Å². The highest BCUT2D eigenvalue weighted by atomic mass is 35.5. The van der Waals surface area contributed by atoms with E-state index in [9.17, 15) is 19.7 Å². The molecule has 0 radical (unpaired) electrons. The molecule has 10 heteroatoms. The number of nitro groups is 1. The molecule has 0 aliphatic heterocycles. The number of fused-ring (bicyclic) bond motifs is 1. The molecule has 8 nitrogen and oxygen atoms in total. The molecule has 0 bridgehead atoms. The minimum Gasteiger partial charge on any atom is -0.468 e. The summed E-state index contributed by atoms with van der Waals surface area (Å²) in [7, 11) is 1.24. The predicted octanol–water partition coefficient (Wildman–Crippen LogP) is 3.18. The molecule has 0 N–H and O–H groups in total. The molecule has 27 heavy (non-hydrogen) atoms. The molecule has 3 rings (SSSR count). The number of ether oxygens (including phenoxy) is 1. The first kappa shape index (κ1) is 18.7. The van der Waals surface area contributed by atoms with Crippen LogP contribution in [0.1, 0.15) is 10.4 Å². The summed E-state index contributed by atoms with van der Waals surface area (Å²) in [5, 5.41) is 11.3. The Labute approximate surface area is 161 Å². The van der Waals surface area contributed by atoms with Gasteiger partial charge in [-0.3, -0.25) is 19.7 Å². The lowest BCUT2D eigenvalue weighted by atomic mass is 10.2. The van der Waals surface area contributed by atoms with Gasteiger partial charge in [-0.1, -0.05) is 35.1 Å². The minimum absolute atomic E-state index is 0.0991. The van der Waals surface area contributed by atoms with Crippen molar-refractivity contribution < 1.29 is 19.2 Å². The third-order valence-electron chi connectivity index (χ3n) is 3.69. The second-order valence-corrected chi connectivity index (χ2v) is 6.77. The van der Waals surface area contributed by atoms with Crippen LogP contribution in [0, 0.1) is 10.1 Å². The Kier molecular flexibility index (Phi) is 5.33. The van der Waals surface area contributed by atoms with Crippen LogP contribution in [0.3, 0.4) is 0 Å². The first-order valence-corrected chi connectivity index (χ1v) is 8.78. The molecule has 1 heterocycles. The molecule has 138 valence electrons. The van der Waals surface area contributed by atoms with E-state index in [0.29, 0.717) is 10.2 Å². The van der Waals surface area contributed by atoms with Crippen molar-refractivity contribution in [2.75, 3.05) is 7.11 Å². The molecule has 0 atom stereocenters. The summed E-state index contributed by atoms with van der Waals surface area (Å²) in [6, 6.07) is 10.7. The molecule has 3 aromatic rings. The molecule has 0 unspecified atom stereocenters. The molecule has 0 aliphatic rings. The van der Waals surface area contributed by atoms with Gasteiger partial charge in [-0.2, -0.15) is 4.99 Å². The maximum atomic E-state index is 12.5. The summed E-state index contributed by atoms with van der Waals surface area (Å²) in [4.78, 5) is 39.0. The summed E-state index contributed by atoms with van der Waals surface area (Å²) in [5.74, 6) is -1.13. The van der Waals surface area contributed by atoms with Crippen molar-refractivity contribution in [2.45, 2.75) is 6.54 Å². The van der Waals surface area contributed by atoms with E-state index in [1.54, 1.807) is 18.2 Å². The van der Waals surface area contributed by atoms with Crippen molar-refractivity contribution in [1.29, 1.82) is 0 Å². The zero-order valence-electron chi connectivity index (χ0n) is 13.9. The van der Waals surface area contributed by atoms with Crippen molar-refractivity contribution in [3.63, 3.8) is 0 Å². The van der Waals surface area contributed by atoms with Gasteiger partial charge < -0.3 is 9.30 Å². The van der Waals surface area contributed by atoms with Gasteiger partial charge >= 0.3 is 5.97 Å². The minimum atomic E-state index is -0.583. The van der Waals surface area contributed by atoms with E-state index in [2.05, 4.69) is 9.73 Å². The van der Waals surface area contributed by atoms with E-state index in [0.717, 1.165) is 11.3 Å². The normalized spacial score (nSPS) is 11.6. The van der Waals surface area contributed by atoms with E-state index in [-0.39, 0.29) is 27.6 Å². The van der Waals surface area contributed by atoms with E-state index in [4.69, 9.17) is 11.6 Å². The maximum absolute atomic E-state index is 12.5. The van der Waals surface area contributed by atoms with Crippen molar-refractivity contribution in [3.8, 4) is 0 Å². The molecule has 0 saturated carbocycles. The average molecular weight is 406 g/mol. The lowest BCUT2D eigenvalue weighted by molar-refractivity contribution is -0.384. The Balaban J connectivity index is 2.19. The molecule has 0 spiro atoms. The quantitative estimate of drug-likeness (QED) is 0.376. The van der Waals surface area contributed by atoms with Gasteiger partial charge in [0.05, 0.1) is 32.8 Å². The Hall–Kier alpha value is -3.04. The van der Waals surface area contributed by atoms with Crippen LogP contribution in [0.2, 0.25) is 5.02 Å². The highest BCUT2D eigenvalue weighted by molar-refractivity contribution is 7.16. The molecule has 0 fully saturated rings. The van der Waals surface area contributed by atoms with E-state index < -0.39 is 16.8 Å². The number of hydrogen-bond acceptors (Lipinski definition) is 6. The van der Waals surface area contributed by atoms with Crippen LogP contribution >= 0.6 is 22.9 Å². The zero-order valence-corrected chi connectivity index (χ0v) is 15.5. The molecule has 1 amide bonds. The fourth-order valence-electron chi connectivity index (χ4n) is 2.39. The number of benzene rings is 2. The molecule has 0 saturated heterocycles. The first-order chi connectivity index (χ1) is 12.9. The largest absolute Gasteiger partial charge is 0.468 e. The fourth-order valence-corrected chi connectivity index (χ4v) is 3.67. The number of carbonyl (C=O) groups is 2. The van der Waals surface area contributed by atoms with E-state index in [1.807, 2.05) is 0 Å². The topological polar surface area (TPSA) is 104 Å². The highest BCUT2D eigenvalue weighted by Gasteiger charge is 2.16. The monoisotopic (exact) mass is 405 g/mol. The van der Waals surface area contributed by atoms with Crippen molar-refractivity contribution in [3.05, 3.63) is 68.0 Å². The molecule has 1 aromatic heterocycles. The van der Waals surface area contributed by atoms with Crippen LogP contribution in [0.15, 0.2) is 47.5 Å². The summed E-state index contributed by atoms with van der Waals surface area (Å²) in [5.41, 5.74) is 0.645. The lowest BCUT2D eigenvalue weighted by Crippen LogP contribution is -2.22. The van der Waals surface area contributed by atoms with Gasteiger partial charge in [0.15, 0.2) is 4.80 Å². The number of esters is 1. The highest BCUT2D eigenvalue weighted by Crippen LogP contribution is 2.23. The molecule has 2 aromatic carbocycles. The zero-order chi connectivity index (χ0) is 19.6. The number of amides is 1. The third-order valence-corrected chi connectivity index (χ3v) is 5.06. The number of nitro benzene ring substituents is 1. The number of non-ortho nitro benzene ring substituents is 1. The van der Waals surface area contributed by atoms with Gasteiger partial charge in [0.2, 0.25) is 0 Å². The Bertz CT molecular complexity index is 1140. The summed E-state index contributed by atoms with van der Waals surface area (Å²) in [6.45, 7) is -0.192. The number of carbonyl (C=O) groups excluding carboxylic acids is 2. The number of halogens is 1. The number of thiazole rings is 1. The van der Waals surface area contributed by atoms with Gasteiger partial charge in [0.25, 0.3) is 11.6 Å². The van der Waals surface area contributed by atoms with Gasteiger partial charge in [0.1, 0.15) is 6.54 Å². The van der Waals surface area contributed by atoms with Crippen LogP contribution in [-0.4, -0.2) is 28.5 Å². The third kappa shape index (κ3) is 3.88. The van der Waals surface area contributed by atoms with Crippen LogP contribution in [0.5, 0.6) is 0 Å². The molecular formula is C17H12ClN3O5S. The molecule has 0 aliphatic carbocycles. The van der Waals surface area contributed by atoms with Gasteiger partial charge in [-0.25, -0.2) is 0 Å². The molecular weight excluding hydrogens is 394 g/mol. The fraction of sp³-hybridized carbons (Fsp3) is 0.118. The second kappa shape index (κ2) is 7.68. The van der Waals surface area contributed by atoms with Crippen LogP contribution < -0.4 is 4.80 Å². The van der Waals surface area contributed by atoms with Crippen molar-refractivity contribution >= 4 is 50.7 Å². The number of hydrogen-bond donors (Lipinski definition) is 0. The SMILES string of the molecule is COC(=O)Cn1c(=NC(=O)c2ccccc2Cl)sc2cc([N+](=O)[O-])ccc21. The maximum Gasteiger partial charge on any atom is 0.325 e. The van der Waals surface area contributed by atoms with Crippen LogP contribution in [0.25, 0.3) is 10.2 Å². The number of nitrogens with zero attached hydrogens (tertiary/aromatic N) is 3. The Morgan fingerprint density at radius 2 is 2.04 bits per heavy atom. The van der Waals surface area contributed by atoms with Crippen molar-refractivity contribution in [2.24, 2.45) is 4.99 Å². The number of aromatic nitrogens is 1. The standard InChI is InChI=1S/C17H12ClN3O5S/c1-26-15(22)9-20-13-7-6-10(21(24)25)8-14(13)27-17(20)19-16(23)11-4-2-3-5-12(11)18/h2-8H,9H2,1H3. The summed E-state index contributed by atoms with van der Waals surface area (Å²) >= 11 is 7.09.